The first-order chi connectivity index (χ1) is 8.27. The van der Waals surface area contributed by atoms with Crippen molar-refractivity contribution in [1.82, 2.24) is 0 Å². The third-order valence-electron chi connectivity index (χ3n) is 3.29. The molecule has 0 N–H and O–H groups in total. The van der Waals surface area contributed by atoms with E-state index in [1.165, 1.54) is 0 Å². The summed E-state index contributed by atoms with van der Waals surface area (Å²) in [6, 6.07) is 7.13. The van der Waals surface area contributed by atoms with Gasteiger partial charge in [-0.2, -0.15) is 0 Å². The van der Waals surface area contributed by atoms with Crippen molar-refractivity contribution < 1.29 is 14.3 Å². The molecule has 3 rings (SSSR count). The maximum absolute atomic E-state index is 11.9. The molecule has 17 heavy (non-hydrogen) atoms. The fourth-order valence-corrected chi connectivity index (χ4v) is 2.42. The van der Waals surface area contributed by atoms with Gasteiger partial charge in [-0.3, -0.25) is 9.59 Å². The average Bonchev–Trinajstić information content (AvgIpc) is 2.94. The first-order valence-electron chi connectivity index (χ1n) is 5.84. The van der Waals surface area contributed by atoms with E-state index in [0.29, 0.717) is 12.1 Å². The highest BCUT2D eigenvalue weighted by Gasteiger charge is 2.37. The van der Waals surface area contributed by atoms with Gasteiger partial charge in [-0.15, -0.1) is 0 Å². The predicted molar refractivity (Wildman–Crippen MR) is 62.1 cm³/mol. The Balaban J connectivity index is 1.89. The third-order valence-corrected chi connectivity index (χ3v) is 3.29. The first-order valence-corrected chi connectivity index (χ1v) is 5.84. The largest absolute Gasteiger partial charge is 0.376 e. The van der Waals surface area contributed by atoms with Gasteiger partial charge in [0.15, 0.2) is 0 Å². The molecule has 0 aromatic heterocycles. The SMILES string of the molecule is O=C1C(=O)N(C[C@H]2CCCO2)c2ccccc21. The van der Waals surface area contributed by atoms with Crippen LogP contribution in [-0.2, 0) is 9.53 Å². The maximum Gasteiger partial charge on any atom is 0.299 e. The van der Waals surface area contributed by atoms with Crippen LogP contribution < -0.4 is 4.90 Å². The lowest BCUT2D eigenvalue weighted by molar-refractivity contribution is -0.114. The molecule has 1 atom stereocenters. The van der Waals surface area contributed by atoms with Crippen LogP contribution in [0.1, 0.15) is 23.2 Å². The monoisotopic (exact) mass is 231 g/mol. The number of hydrogen-bond acceptors (Lipinski definition) is 3. The highest BCUT2D eigenvalue weighted by Crippen LogP contribution is 2.29. The molecule has 0 saturated carbocycles. The average molecular weight is 231 g/mol. The molecule has 2 aliphatic heterocycles. The van der Waals surface area contributed by atoms with Crippen molar-refractivity contribution in [2.75, 3.05) is 18.1 Å². The van der Waals surface area contributed by atoms with E-state index in [1.807, 2.05) is 12.1 Å². The van der Waals surface area contributed by atoms with E-state index in [1.54, 1.807) is 17.0 Å². The van der Waals surface area contributed by atoms with Gasteiger partial charge in [-0.1, -0.05) is 12.1 Å². The summed E-state index contributed by atoms with van der Waals surface area (Å²) in [6.45, 7) is 1.24. The van der Waals surface area contributed by atoms with Crippen LogP contribution >= 0.6 is 0 Å². The van der Waals surface area contributed by atoms with Crippen molar-refractivity contribution >= 4 is 17.4 Å². The van der Waals surface area contributed by atoms with Gasteiger partial charge < -0.3 is 9.64 Å². The molecule has 0 radical (unpaired) electrons. The zero-order valence-corrected chi connectivity index (χ0v) is 9.39. The van der Waals surface area contributed by atoms with Crippen LogP contribution in [0.2, 0.25) is 0 Å². The van der Waals surface area contributed by atoms with Crippen LogP contribution in [0, 0.1) is 0 Å². The molecule has 2 heterocycles. The van der Waals surface area contributed by atoms with Gasteiger partial charge in [0.25, 0.3) is 11.7 Å². The predicted octanol–water partition coefficient (Wildman–Crippen LogP) is 1.39. The number of rotatable bonds is 2. The fraction of sp³-hybridized carbons (Fsp3) is 0.385. The Hall–Kier alpha value is -1.68. The fourth-order valence-electron chi connectivity index (χ4n) is 2.42. The van der Waals surface area contributed by atoms with Crippen LogP contribution in [-0.4, -0.2) is 30.9 Å². The van der Waals surface area contributed by atoms with Crippen LogP contribution in [0.15, 0.2) is 24.3 Å². The van der Waals surface area contributed by atoms with E-state index in [0.717, 1.165) is 25.1 Å². The molecule has 4 nitrogen and oxygen atoms in total. The van der Waals surface area contributed by atoms with E-state index in [9.17, 15) is 9.59 Å². The van der Waals surface area contributed by atoms with Gasteiger partial charge in [0.1, 0.15) is 0 Å². The van der Waals surface area contributed by atoms with E-state index in [-0.39, 0.29) is 6.10 Å². The number of fused-ring (bicyclic) bond motifs is 1. The minimum Gasteiger partial charge on any atom is -0.376 e. The number of benzene rings is 1. The maximum atomic E-state index is 11.9. The second kappa shape index (κ2) is 3.96. The number of hydrogen-bond donors (Lipinski definition) is 0. The number of carbonyl (C=O) groups excluding carboxylic acids is 2. The lowest BCUT2D eigenvalue weighted by atomic mass is 10.1. The van der Waals surface area contributed by atoms with Crippen molar-refractivity contribution in [3.63, 3.8) is 0 Å². The Labute approximate surface area is 99.2 Å². The van der Waals surface area contributed by atoms with Gasteiger partial charge in [-0.05, 0) is 25.0 Å². The second-order valence-electron chi connectivity index (χ2n) is 4.40. The van der Waals surface area contributed by atoms with E-state index < -0.39 is 11.7 Å². The second-order valence-corrected chi connectivity index (χ2v) is 4.40. The Bertz CT molecular complexity index is 477. The van der Waals surface area contributed by atoms with E-state index in [2.05, 4.69) is 0 Å². The minimum absolute atomic E-state index is 0.0675. The van der Waals surface area contributed by atoms with Crippen LogP contribution in [0.3, 0.4) is 0 Å². The topological polar surface area (TPSA) is 46.6 Å². The number of Topliss-reactive ketones (excluding diaryl/α,β-unsaturated/α-hetero) is 1. The summed E-state index contributed by atoms with van der Waals surface area (Å²) in [6.07, 6.45) is 2.06. The van der Waals surface area contributed by atoms with Gasteiger partial charge in [0, 0.05) is 6.61 Å². The molecular weight excluding hydrogens is 218 g/mol. The molecule has 1 saturated heterocycles. The molecule has 4 heteroatoms. The highest BCUT2D eigenvalue weighted by atomic mass is 16.5. The van der Waals surface area contributed by atoms with Crippen LogP contribution in [0.25, 0.3) is 0 Å². The molecular formula is C13H13NO3. The van der Waals surface area contributed by atoms with Crippen molar-refractivity contribution in [2.24, 2.45) is 0 Å². The molecule has 1 aromatic rings. The summed E-state index contributed by atoms with van der Waals surface area (Å²) in [4.78, 5) is 25.2. The summed E-state index contributed by atoms with van der Waals surface area (Å²) in [5.74, 6) is -0.833. The number of para-hydroxylation sites is 1. The normalized spacial score (nSPS) is 23.3. The van der Waals surface area contributed by atoms with Crippen molar-refractivity contribution in [1.29, 1.82) is 0 Å². The molecule has 0 spiro atoms. The zero-order chi connectivity index (χ0) is 11.8. The highest BCUT2D eigenvalue weighted by molar-refractivity contribution is 6.52. The van der Waals surface area contributed by atoms with Gasteiger partial charge in [0.2, 0.25) is 0 Å². The van der Waals surface area contributed by atoms with E-state index >= 15 is 0 Å². The standard InChI is InChI=1S/C13H13NO3/c15-12-10-5-1-2-6-11(10)14(13(12)16)8-9-4-3-7-17-9/h1-2,5-6,9H,3-4,7-8H2/t9-/m1/s1. The van der Waals surface area contributed by atoms with Gasteiger partial charge >= 0.3 is 0 Å². The number of anilines is 1. The van der Waals surface area contributed by atoms with E-state index in [4.69, 9.17) is 4.74 Å². The van der Waals surface area contributed by atoms with Crippen molar-refractivity contribution in [3.05, 3.63) is 29.8 Å². The quantitative estimate of drug-likeness (QED) is 0.723. The Morgan fingerprint density at radius 2 is 2.12 bits per heavy atom. The summed E-state index contributed by atoms with van der Waals surface area (Å²) < 4.78 is 5.51. The Kier molecular flexibility index (Phi) is 2.44. The smallest absolute Gasteiger partial charge is 0.299 e. The summed E-state index contributed by atoms with van der Waals surface area (Å²) in [5, 5.41) is 0. The number of ether oxygens (including phenoxy) is 1. The van der Waals surface area contributed by atoms with Crippen LogP contribution in [0.5, 0.6) is 0 Å². The number of ketones is 1. The molecule has 0 aliphatic carbocycles. The number of nitrogens with zero attached hydrogens (tertiary/aromatic N) is 1. The molecule has 0 bridgehead atoms. The molecule has 2 aliphatic rings. The van der Waals surface area contributed by atoms with Gasteiger partial charge in [-0.25, -0.2) is 0 Å². The summed E-state index contributed by atoms with van der Waals surface area (Å²) in [5.41, 5.74) is 1.23. The Morgan fingerprint density at radius 1 is 1.29 bits per heavy atom. The van der Waals surface area contributed by atoms with Gasteiger partial charge in [0.05, 0.1) is 23.9 Å². The number of amides is 1. The minimum atomic E-state index is -0.429. The summed E-state index contributed by atoms with van der Waals surface area (Å²) >= 11 is 0. The zero-order valence-electron chi connectivity index (χ0n) is 9.39. The summed E-state index contributed by atoms with van der Waals surface area (Å²) in [7, 11) is 0. The molecule has 1 fully saturated rings. The lowest BCUT2D eigenvalue weighted by Gasteiger charge is -2.20. The van der Waals surface area contributed by atoms with Crippen LogP contribution in [0.4, 0.5) is 5.69 Å². The van der Waals surface area contributed by atoms with Crippen molar-refractivity contribution in [2.45, 2.75) is 18.9 Å². The lowest BCUT2D eigenvalue weighted by Crippen LogP contribution is -2.36. The first kappa shape index (κ1) is 10.5. The molecule has 1 aromatic carbocycles. The number of carbonyl (C=O) groups is 2. The third kappa shape index (κ3) is 1.65. The Morgan fingerprint density at radius 3 is 2.88 bits per heavy atom. The van der Waals surface area contributed by atoms with Crippen molar-refractivity contribution in [3.8, 4) is 0 Å². The molecule has 1 amide bonds. The molecule has 88 valence electrons. The molecule has 0 unspecified atom stereocenters.